The fourth-order valence-electron chi connectivity index (χ4n) is 2.17. The summed E-state index contributed by atoms with van der Waals surface area (Å²) in [5.74, 6) is 2.22. The zero-order valence-electron chi connectivity index (χ0n) is 9.73. The predicted molar refractivity (Wildman–Crippen MR) is 74.7 cm³/mol. The molecule has 0 amide bonds. The van der Waals surface area contributed by atoms with Gasteiger partial charge in [-0.3, -0.25) is 9.78 Å². The highest BCUT2D eigenvalue weighted by atomic mass is 32.2. The van der Waals surface area contributed by atoms with Gasteiger partial charge >= 0.3 is 5.69 Å². The summed E-state index contributed by atoms with van der Waals surface area (Å²) in [5.41, 5.74) is 0.829. The summed E-state index contributed by atoms with van der Waals surface area (Å²) < 4.78 is 0. The molecule has 1 aromatic heterocycles. The summed E-state index contributed by atoms with van der Waals surface area (Å²) >= 11 is 1.94. The summed E-state index contributed by atoms with van der Waals surface area (Å²) in [6.45, 7) is 1.99. The Morgan fingerprint density at radius 2 is 1.89 bits per heavy atom. The molecular weight excluding hydrogens is 250 g/mol. The second-order valence-electron chi connectivity index (χ2n) is 4.24. The van der Waals surface area contributed by atoms with Gasteiger partial charge in [-0.15, -0.1) is 0 Å². The minimum absolute atomic E-state index is 0.331. The quantitative estimate of drug-likeness (QED) is 0.797. The Morgan fingerprint density at radius 3 is 2.67 bits per heavy atom. The molecule has 94 valence electrons. The standard InChI is InChI=1S/C12H13N3O2S/c16-11-9-7-8(15-3-5-18-6-4-15)1-2-10(9)13-12(17)14-11/h1-2,7H,3-6H2,(H2,13,14,16,17). The third-order valence-electron chi connectivity index (χ3n) is 3.10. The lowest BCUT2D eigenvalue weighted by Crippen LogP contribution is -2.32. The van der Waals surface area contributed by atoms with E-state index in [0.29, 0.717) is 10.9 Å². The third kappa shape index (κ3) is 2.03. The third-order valence-corrected chi connectivity index (χ3v) is 4.04. The number of nitrogens with one attached hydrogen (secondary N) is 2. The molecule has 2 heterocycles. The first-order valence-corrected chi connectivity index (χ1v) is 6.98. The molecule has 0 unspecified atom stereocenters. The minimum Gasteiger partial charge on any atom is -0.370 e. The predicted octanol–water partition coefficient (Wildman–Crippen LogP) is 0.770. The first-order chi connectivity index (χ1) is 8.74. The second kappa shape index (κ2) is 4.53. The Balaban J connectivity index is 2.10. The number of aromatic amines is 2. The number of nitrogens with zero attached hydrogens (tertiary/aromatic N) is 1. The van der Waals surface area contributed by atoms with Crippen LogP contribution in [0.15, 0.2) is 27.8 Å². The van der Waals surface area contributed by atoms with Crippen LogP contribution in [0.3, 0.4) is 0 Å². The summed E-state index contributed by atoms with van der Waals surface area (Å²) in [6, 6.07) is 5.59. The van der Waals surface area contributed by atoms with Crippen LogP contribution in [0.25, 0.3) is 10.9 Å². The van der Waals surface area contributed by atoms with E-state index in [1.165, 1.54) is 0 Å². The topological polar surface area (TPSA) is 69.0 Å². The van der Waals surface area contributed by atoms with Gasteiger partial charge in [0.15, 0.2) is 0 Å². The Kier molecular flexibility index (Phi) is 2.87. The van der Waals surface area contributed by atoms with E-state index in [0.717, 1.165) is 30.3 Å². The van der Waals surface area contributed by atoms with Gasteiger partial charge in [-0.25, -0.2) is 4.79 Å². The molecule has 0 saturated carbocycles. The normalized spacial score (nSPS) is 16.1. The molecule has 0 radical (unpaired) electrons. The first kappa shape index (κ1) is 11.4. The van der Waals surface area contributed by atoms with Gasteiger partial charge in [0.25, 0.3) is 5.56 Å². The van der Waals surface area contributed by atoms with Gasteiger partial charge in [-0.05, 0) is 18.2 Å². The zero-order valence-corrected chi connectivity index (χ0v) is 10.5. The smallest absolute Gasteiger partial charge is 0.326 e. The average Bonchev–Trinajstić information content (AvgIpc) is 2.39. The molecule has 18 heavy (non-hydrogen) atoms. The number of aromatic nitrogens is 2. The second-order valence-corrected chi connectivity index (χ2v) is 5.46. The van der Waals surface area contributed by atoms with Crippen LogP contribution in [-0.2, 0) is 0 Å². The molecule has 0 spiro atoms. The van der Waals surface area contributed by atoms with Crippen molar-refractivity contribution in [1.82, 2.24) is 9.97 Å². The van der Waals surface area contributed by atoms with Crippen LogP contribution in [0.1, 0.15) is 0 Å². The van der Waals surface area contributed by atoms with Crippen molar-refractivity contribution in [2.75, 3.05) is 29.5 Å². The highest BCUT2D eigenvalue weighted by Crippen LogP contribution is 2.21. The molecule has 0 bridgehead atoms. The molecule has 2 aromatic rings. The van der Waals surface area contributed by atoms with Crippen LogP contribution in [0.4, 0.5) is 5.69 Å². The molecule has 1 fully saturated rings. The van der Waals surface area contributed by atoms with Crippen LogP contribution < -0.4 is 16.1 Å². The SMILES string of the molecule is O=c1[nH]c(=O)c2cc(N3CCSCC3)ccc2[nH]1. The van der Waals surface area contributed by atoms with Crippen LogP contribution in [-0.4, -0.2) is 34.6 Å². The van der Waals surface area contributed by atoms with E-state index in [4.69, 9.17) is 0 Å². The summed E-state index contributed by atoms with van der Waals surface area (Å²) in [7, 11) is 0. The lowest BCUT2D eigenvalue weighted by atomic mass is 10.2. The number of fused-ring (bicyclic) bond motifs is 1. The molecular formula is C12H13N3O2S. The Morgan fingerprint density at radius 1 is 1.11 bits per heavy atom. The highest BCUT2D eigenvalue weighted by Gasteiger charge is 2.12. The van der Waals surface area contributed by atoms with E-state index in [-0.39, 0.29) is 5.56 Å². The van der Waals surface area contributed by atoms with Crippen molar-refractivity contribution in [1.29, 1.82) is 0 Å². The molecule has 5 nitrogen and oxygen atoms in total. The lowest BCUT2D eigenvalue weighted by Gasteiger charge is -2.28. The van der Waals surface area contributed by atoms with Gasteiger partial charge in [0.05, 0.1) is 10.9 Å². The molecule has 1 saturated heterocycles. The minimum atomic E-state index is -0.463. The number of benzene rings is 1. The van der Waals surface area contributed by atoms with Crippen LogP contribution >= 0.6 is 11.8 Å². The maximum Gasteiger partial charge on any atom is 0.326 e. The van der Waals surface area contributed by atoms with Gasteiger partial charge in [-0.1, -0.05) is 0 Å². The van der Waals surface area contributed by atoms with Crippen molar-refractivity contribution in [3.05, 3.63) is 39.0 Å². The van der Waals surface area contributed by atoms with Gasteiger partial charge < -0.3 is 9.88 Å². The van der Waals surface area contributed by atoms with Gasteiger partial charge in [0, 0.05) is 30.3 Å². The highest BCUT2D eigenvalue weighted by molar-refractivity contribution is 7.99. The molecule has 0 atom stereocenters. The average molecular weight is 263 g/mol. The molecule has 1 aliphatic heterocycles. The molecule has 6 heteroatoms. The largest absolute Gasteiger partial charge is 0.370 e. The number of anilines is 1. The summed E-state index contributed by atoms with van der Waals surface area (Å²) in [5, 5.41) is 0.533. The van der Waals surface area contributed by atoms with Gasteiger partial charge in [0.1, 0.15) is 0 Å². The van der Waals surface area contributed by atoms with Crippen molar-refractivity contribution < 1.29 is 0 Å². The maximum atomic E-state index is 11.7. The number of H-pyrrole nitrogens is 2. The van der Waals surface area contributed by atoms with Crippen molar-refractivity contribution in [2.45, 2.75) is 0 Å². The number of thioether (sulfide) groups is 1. The van der Waals surface area contributed by atoms with E-state index in [2.05, 4.69) is 14.9 Å². The van der Waals surface area contributed by atoms with Gasteiger partial charge in [-0.2, -0.15) is 11.8 Å². The van der Waals surface area contributed by atoms with E-state index in [9.17, 15) is 9.59 Å². The number of rotatable bonds is 1. The first-order valence-electron chi connectivity index (χ1n) is 5.83. The number of hydrogen-bond donors (Lipinski definition) is 2. The van der Waals surface area contributed by atoms with Crippen molar-refractivity contribution in [3.63, 3.8) is 0 Å². The summed E-state index contributed by atoms with van der Waals surface area (Å²) in [4.78, 5) is 30.0. The maximum absolute atomic E-state index is 11.7. The van der Waals surface area contributed by atoms with Crippen molar-refractivity contribution >= 4 is 28.4 Å². The van der Waals surface area contributed by atoms with Gasteiger partial charge in [0.2, 0.25) is 0 Å². The fourth-order valence-corrected chi connectivity index (χ4v) is 3.07. The van der Waals surface area contributed by atoms with E-state index in [1.807, 2.05) is 23.9 Å². The molecule has 1 aromatic carbocycles. The molecule has 0 aliphatic carbocycles. The molecule has 2 N–H and O–H groups in total. The van der Waals surface area contributed by atoms with E-state index >= 15 is 0 Å². The van der Waals surface area contributed by atoms with Crippen molar-refractivity contribution in [3.8, 4) is 0 Å². The van der Waals surface area contributed by atoms with E-state index in [1.54, 1.807) is 6.07 Å². The lowest BCUT2D eigenvalue weighted by molar-refractivity contribution is 0.859. The number of hydrogen-bond acceptors (Lipinski definition) is 4. The van der Waals surface area contributed by atoms with E-state index < -0.39 is 5.69 Å². The van der Waals surface area contributed by atoms with Crippen molar-refractivity contribution in [2.24, 2.45) is 0 Å². The Labute approximate surface area is 107 Å². The van der Waals surface area contributed by atoms with Crippen LogP contribution in [0, 0.1) is 0 Å². The fraction of sp³-hybridized carbons (Fsp3) is 0.333. The van der Waals surface area contributed by atoms with Crippen LogP contribution in [0.5, 0.6) is 0 Å². The summed E-state index contributed by atoms with van der Waals surface area (Å²) in [6.07, 6.45) is 0. The monoisotopic (exact) mass is 263 g/mol. The Hall–Kier alpha value is -1.69. The zero-order chi connectivity index (χ0) is 12.5. The molecule has 3 rings (SSSR count). The molecule has 1 aliphatic rings. The Bertz CT molecular complexity index is 686. The van der Waals surface area contributed by atoms with Crippen LogP contribution in [0.2, 0.25) is 0 Å².